The number of hydrogen-bond donors (Lipinski definition) is 0. The third kappa shape index (κ3) is 4.37. The molecule has 0 saturated carbocycles. The van der Waals surface area contributed by atoms with Crippen LogP contribution in [0.5, 0.6) is 0 Å². The molecule has 4 unspecified atom stereocenters. The number of piperidine rings is 1. The van der Waals surface area contributed by atoms with Crippen molar-refractivity contribution >= 4 is 11.6 Å². The van der Waals surface area contributed by atoms with Crippen LogP contribution in [0, 0.1) is 12.8 Å². The van der Waals surface area contributed by atoms with Crippen LogP contribution in [-0.2, 0) is 4.74 Å². The van der Waals surface area contributed by atoms with E-state index in [-0.39, 0.29) is 6.10 Å². The second kappa shape index (κ2) is 9.39. The van der Waals surface area contributed by atoms with Crippen molar-refractivity contribution in [3.63, 3.8) is 0 Å². The third-order valence-electron chi connectivity index (χ3n) is 7.67. The fourth-order valence-corrected chi connectivity index (χ4v) is 5.99. The molecule has 5 rings (SSSR count). The van der Waals surface area contributed by atoms with Gasteiger partial charge in [-0.05, 0) is 68.0 Å². The van der Waals surface area contributed by atoms with Gasteiger partial charge in [0.1, 0.15) is 6.10 Å². The van der Waals surface area contributed by atoms with Crippen LogP contribution in [0.3, 0.4) is 0 Å². The predicted molar refractivity (Wildman–Crippen MR) is 132 cm³/mol. The van der Waals surface area contributed by atoms with Crippen molar-refractivity contribution in [3.05, 3.63) is 106 Å². The summed E-state index contributed by atoms with van der Waals surface area (Å²) in [7, 11) is 2.31. The van der Waals surface area contributed by atoms with Crippen molar-refractivity contribution in [3.8, 4) is 0 Å². The number of halogens is 1. The summed E-state index contributed by atoms with van der Waals surface area (Å²) in [5, 5.41) is 0.755. The van der Waals surface area contributed by atoms with E-state index in [1.807, 2.05) is 12.1 Å². The number of nitrogens with zero attached hydrogens (tertiary/aromatic N) is 1. The average molecular weight is 446 g/mol. The molecule has 32 heavy (non-hydrogen) atoms. The maximum Gasteiger partial charge on any atom is 0.108 e. The third-order valence-corrected chi connectivity index (χ3v) is 7.92. The number of fused-ring (bicyclic) bond motifs is 2. The van der Waals surface area contributed by atoms with Gasteiger partial charge < -0.3 is 9.64 Å². The van der Waals surface area contributed by atoms with Crippen LogP contribution in [0.25, 0.3) is 0 Å². The van der Waals surface area contributed by atoms with Gasteiger partial charge in [0.05, 0.1) is 6.61 Å². The predicted octanol–water partition coefficient (Wildman–Crippen LogP) is 7.02. The van der Waals surface area contributed by atoms with E-state index in [1.54, 1.807) is 0 Å². The van der Waals surface area contributed by atoms with E-state index in [1.165, 1.54) is 36.0 Å². The standard InChI is InChI=1S/C29H32ClNO/c1-20-8-10-21(11-9-20)26-18-25-16-17-28(31(25)2)27(26)19-32-29(22-6-4-3-5-7-22)23-12-14-24(30)15-13-23/h3-15,25-29H,16-19H2,1-2H3/t25?,26?,27-,28?,29?/m0/s1. The normalized spacial score (nSPS) is 26.2. The van der Waals surface area contributed by atoms with E-state index in [9.17, 15) is 0 Å². The molecule has 2 saturated heterocycles. The lowest BCUT2D eigenvalue weighted by Crippen LogP contribution is -2.47. The van der Waals surface area contributed by atoms with Gasteiger partial charge in [-0.25, -0.2) is 0 Å². The van der Waals surface area contributed by atoms with Crippen LogP contribution in [0.15, 0.2) is 78.9 Å². The summed E-state index contributed by atoms with van der Waals surface area (Å²) < 4.78 is 6.80. The largest absolute Gasteiger partial charge is 0.368 e. The van der Waals surface area contributed by atoms with E-state index in [2.05, 4.69) is 85.6 Å². The van der Waals surface area contributed by atoms with Crippen molar-refractivity contribution < 1.29 is 4.74 Å². The molecule has 3 aromatic carbocycles. The minimum atomic E-state index is -0.0865. The SMILES string of the molecule is Cc1ccc(C2CC3CCC([C@H]2COC(c2ccccc2)c2ccc(Cl)cc2)N3C)cc1. The molecule has 0 amide bonds. The molecule has 2 heterocycles. The topological polar surface area (TPSA) is 12.5 Å². The lowest BCUT2D eigenvalue weighted by atomic mass is 9.76. The van der Waals surface area contributed by atoms with Gasteiger partial charge in [0.25, 0.3) is 0 Å². The van der Waals surface area contributed by atoms with Crippen LogP contribution in [0.4, 0.5) is 0 Å². The molecule has 2 nitrogen and oxygen atoms in total. The number of ether oxygens (including phenoxy) is 1. The van der Waals surface area contributed by atoms with E-state index in [0.717, 1.165) is 17.2 Å². The Hall–Kier alpha value is -2.13. The summed E-state index contributed by atoms with van der Waals surface area (Å²) in [4.78, 5) is 2.62. The van der Waals surface area contributed by atoms with Crippen LogP contribution >= 0.6 is 11.6 Å². The zero-order valence-electron chi connectivity index (χ0n) is 19.0. The minimum absolute atomic E-state index is 0.0865. The first kappa shape index (κ1) is 21.7. The Balaban J connectivity index is 1.43. The Bertz CT molecular complexity index is 1020. The van der Waals surface area contributed by atoms with E-state index < -0.39 is 0 Å². The van der Waals surface area contributed by atoms with Crippen LogP contribution < -0.4 is 0 Å². The molecule has 0 radical (unpaired) electrons. The first-order valence-electron chi connectivity index (χ1n) is 11.8. The highest BCUT2D eigenvalue weighted by Gasteiger charge is 2.46. The van der Waals surface area contributed by atoms with Crippen LogP contribution in [-0.4, -0.2) is 30.6 Å². The first-order valence-corrected chi connectivity index (χ1v) is 12.2. The van der Waals surface area contributed by atoms with Crippen molar-refractivity contribution in [1.29, 1.82) is 0 Å². The molecule has 2 aliphatic heterocycles. The van der Waals surface area contributed by atoms with Gasteiger partial charge in [-0.2, -0.15) is 0 Å². The van der Waals surface area contributed by atoms with Gasteiger partial charge in [0.2, 0.25) is 0 Å². The van der Waals surface area contributed by atoms with Gasteiger partial charge in [0, 0.05) is 23.0 Å². The summed E-state index contributed by atoms with van der Waals surface area (Å²) in [6.45, 7) is 2.92. The lowest BCUT2D eigenvalue weighted by Gasteiger charge is -2.43. The van der Waals surface area contributed by atoms with E-state index in [4.69, 9.17) is 16.3 Å². The van der Waals surface area contributed by atoms with Gasteiger partial charge in [-0.15, -0.1) is 0 Å². The van der Waals surface area contributed by atoms with Crippen molar-refractivity contribution in [2.75, 3.05) is 13.7 Å². The summed E-state index contributed by atoms with van der Waals surface area (Å²) in [6.07, 6.45) is 3.71. The first-order chi connectivity index (χ1) is 15.6. The van der Waals surface area contributed by atoms with Crippen molar-refractivity contribution in [2.24, 2.45) is 5.92 Å². The summed E-state index contributed by atoms with van der Waals surface area (Å²) in [6, 6.07) is 29.1. The molecule has 0 spiro atoms. The molecule has 0 N–H and O–H groups in total. The fourth-order valence-electron chi connectivity index (χ4n) is 5.86. The highest BCUT2D eigenvalue weighted by atomic mass is 35.5. The van der Waals surface area contributed by atoms with E-state index >= 15 is 0 Å². The molecular formula is C29H32ClNO. The van der Waals surface area contributed by atoms with E-state index in [0.29, 0.717) is 23.9 Å². The Morgan fingerprint density at radius 2 is 1.59 bits per heavy atom. The molecule has 3 heteroatoms. The van der Waals surface area contributed by atoms with Crippen molar-refractivity contribution in [2.45, 2.75) is 50.3 Å². The smallest absolute Gasteiger partial charge is 0.108 e. The molecular weight excluding hydrogens is 414 g/mol. The quantitative estimate of drug-likeness (QED) is 0.404. The number of hydrogen-bond acceptors (Lipinski definition) is 2. The van der Waals surface area contributed by atoms with Gasteiger partial charge in [-0.1, -0.05) is 83.9 Å². The molecule has 2 aliphatic rings. The second-order valence-corrected chi connectivity index (χ2v) is 9.99. The molecule has 3 aromatic rings. The summed E-state index contributed by atoms with van der Waals surface area (Å²) >= 11 is 6.17. The molecule has 0 aliphatic carbocycles. The number of rotatable bonds is 6. The lowest BCUT2D eigenvalue weighted by molar-refractivity contribution is -0.00335. The zero-order valence-corrected chi connectivity index (χ0v) is 19.7. The van der Waals surface area contributed by atoms with Crippen molar-refractivity contribution in [1.82, 2.24) is 4.90 Å². The monoisotopic (exact) mass is 445 g/mol. The molecule has 0 aromatic heterocycles. The second-order valence-electron chi connectivity index (χ2n) is 9.56. The summed E-state index contributed by atoms with van der Waals surface area (Å²) in [5.41, 5.74) is 5.14. The number of benzene rings is 3. The maximum absolute atomic E-state index is 6.80. The Morgan fingerprint density at radius 3 is 2.31 bits per heavy atom. The Labute approximate surface area is 197 Å². The van der Waals surface area contributed by atoms with Gasteiger partial charge in [-0.3, -0.25) is 0 Å². The van der Waals surface area contributed by atoms with Crippen LogP contribution in [0.1, 0.15) is 53.5 Å². The number of aryl methyl sites for hydroxylation is 1. The fraction of sp³-hybridized carbons (Fsp3) is 0.379. The molecule has 2 fully saturated rings. The molecule has 5 atom stereocenters. The molecule has 166 valence electrons. The highest BCUT2D eigenvalue weighted by Crippen LogP contribution is 2.47. The summed E-state index contributed by atoms with van der Waals surface area (Å²) in [5.74, 6) is 1.03. The maximum atomic E-state index is 6.80. The minimum Gasteiger partial charge on any atom is -0.368 e. The zero-order chi connectivity index (χ0) is 22.1. The van der Waals surface area contributed by atoms with Crippen LogP contribution in [0.2, 0.25) is 5.02 Å². The molecule has 2 bridgehead atoms. The Kier molecular flexibility index (Phi) is 6.37. The Morgan fingerprint density at radius 1 is 0.906 bits per heavy atom. The van der Waals surface area contributed by atoms with Gasteiger partial charge >= 0.3 is 0 Å². The van der Waals surface area contributed by atoms with Gasteiger partial charge in [0.15, 0.2) is 0 Å². The highest BCUT2D eigenvalue weighted by molar-refractivity contribution is 6.30. The average Bonchev–Trinajstić information content (AvgIpc) is 3.06.